The number of rotatable bonds is 3. The molecule has 2 unspecified atom stereocenters. The van der Waals surface area contributed by atoms with Crippen LogP contribution < -0.4 is 5.73 Å². The molecule has 0 aromatic heterocycles. The number of nitrogens with two attached hydrogens (primary N) is 1. The quantitative estimate of drug-likeness (QED) is 0.735. The average molecular weight is 196 g/mol. The fourth-order valence-corrected chi connectivity index (χ4v) is 2.29. The van der Waals surface area contributed by atoms with Crippen LogP contribution in [-0.2, 0) is 4.79 Å². The van der Waals surface area contributed by atoms with E-state index in [0.29, 0.717) is 6.04 Å². The van der Waals surface area contributed by atoms with Gasteiger partial charge in [-0.25, -0.2) is 0 Å². The largest absolute Gasteiger partial charge is 0.339 e. The Morgan fingerprint density at radius 1 is 1.50 bits per heavy atom. The molecule has 1 heterocycles. The van der Waals surface area contributed by atoms with Crippen LogP contribution in [0.3, 0.4) is 0 Å². The van der Waals surface area contributed by atoms with Crippen molar-refractivity contribution in [1.82, 2.24) is 4.90 Å². The molecule has 0 radical (unpaired) electrons. The Morgan fingerprint density at radius 3 is 2.71 bits per heavy atom. The summed E-state index contributed by atoms with van der Waals surface area (Å²) in [5.41, 5.74) is 5.91. The molecule has 2 N–H and O–H groups in total. The molecule has 0 aromatic rings. The van der Waals surface area contributed by atoms with Gasteiger partial charge in [-0.1, -0.05) is 12.8 Å². The first kappa shape index (κ1) is 9.97. The first-order valence-corrected chi connectivity index (χ1v) is 5.74. The summed E-state index contributed by atoms with van der Waals surface area (Å²) < 4.78 is 0. The second kappa shape index (κ2) is 3.89. The zero-order chi connectivity index (χ0) is 10.1. The summed E-state index contributed by atoms with van der Waals surface area (Å²) in [5.74, 6) is 0.925. The molecule has 0 spiro atoms. The van der Waals surface area contributed by atoms with Gasteiger partial charge in [-0.3, -0.25) is 4.79 Å². The second-order valence-electron chi connectivity index (χ2n) is 4.81. The molecular formula is C11H20N2O. The van der Waals surface area contributed by atoms with Crippen LogP contribution in [0.15, 0.2) is 0 Å². The van der Waals surface area contributed by atoms with Gasteiger partial charge in [0.25, 0.3) is 0 Å². The Morgan fingerprint density at radius 2 is 2.21 bits per heavy atom. The van der Waals surface area contributed by atoms with Crippen molar-refractivity contribution in [2.75, 3.05) is 6.54 Å². The number of hydrogen-bond donors (Lipinski definition) is 1. The third-order valence-electron chi connectivity index (χ3n) is 3.44. The Labute approximate surface area is 85.6 Å². The molecule has 1 aliphatic carbocycles. The first-order chi connectivity index (χ1) is 6.68. The summed E-state index contributed by atoms with van der Waals surface area (Å²) >= 11 is 0. The fourth-order valence-electron chi connectivity index (χ4n) is 2.29. The zero-order valence-electron chi connectivity index (χ0n) is 8.91. The lowest BCUT2D eigenvalue weighted by atomic mass is 10.1. The summed E-state index contributed by atoms with van der Waals surface area (Å²) in [4.78, 5) is 13.9. The molecule has 3 heteroatoms. The molecule has 1 saturated carbocycles. The van der Waals surface area contributed by atoms with Gasteiger partial charge in [-0.2, -0.15) is 0 Å². The van der Waals surface area contributed by atoms with Crippen LogP contribution in [0, 0.1) is 5.92 Å². The maximum Gasteiger partial charge on any atom is 0.239 e. The van der Waals surface area contributed by atoms with E-state index in [4.69, 9.17) is 5.73 Å². The predicted molar refractivity (Wildman–Crippen MR) is 55.7 cm³/mol. The highest BCUT2D eigenvalue weighted by molar-refractivity contribution is 5.82. The van der Waals surface area contributed by atoms with Gasteiger partial charge in [-0.15, -0.1) is 0 Å². The van der Waals surface area contributed by atoms with Crippen molar-refractivity contribution in [2.45, 2.75) is 51.1 Å². The van der Waals surface area contributed by atoms with Crippen LogP contribution in [-0.4, -0.2) is 29.4 Å². The SMILES string of the molecule is CC1CCCN1C(=O)C(N)CC1CC1. The number of carbonyl (C=O) groups is 1. The second-order valence-corrected chi connectivity index (χ2v) is 4.81. The van der Waals surface area contributed by atoms with Gasteiger partial charge in [0.2, 0.25) is 5.91 Å². The Balaban J connectivity index is 1.85. The third-order valence-corrected chi connectivity index (χ3v) is 3.44. The van der Waals surface area contributed by atoms with Crippen LogP contribution in [0.5, 0.6) is 0 Å². The van der Waals surface area contributed by atoms with Gasteiger partial charge in [0.1, 0.15) is 0 Å². The lowest BCUT2D eigenvalue weighted by molar-refractivity contribution is -0.133. The number of nitrogens with zero attached hydrogens (tertiary/aromatic N) is 1. The standard InChI is InChI=1S/C11H20N2O/c1-8-3-2-6-13(8)11(14)10(12)7-9-4-5-9/h8-10H,2-7,12H2,1H3. The molecule has 2 fully saturated rings. The third kappa shape index (κ3) is 2.08. The van der Waals surface area contributed by atoms with Crippen molar-refractivity contribution in [3.05, 3.63) is 0 Å². The van der Waals surface area contributed by atoms with E-state index in [0.717, 1.165) is 31.7 Å². The number of likely N-dealkylation sites (tertiary alicyclic amines) is 1. The average Bonchev–Trinajstić information content (AvgIpc) is 2.86. The monoisotopic (exact) mass is 196 g/mol. The molecule has 1 amide bonds. The van der Waals surface area contributed by atoms with E-state index in [2.05, 4.69) is 6.92 Å². The van der Waals surface area contributed by atoms with Crippen molar-refractivity contribution in [1.29, 1.82) is 0 Å². The van der Waals surface area contributed by atoms with Crippen LogP contribution in [0.1, 0.15) is 39.0 Å². The van der Waals surface area contributed by atoms with E-state index in [9.17, 15) is 4.79 Å². The van der Waals surface area contributed by atoms with Crippen molar-refractivity contribution >= 4 is 5.91 Å². The van der Waals surface area contributed by atoms with Crippen LogP contribution >= 0.6 is 0 Å². The predicted octanol–water partition coefficient (Wildman–Crippen LogP) is 1.12. The van der Waals surface area contributed by atoms with Gasteiger partial charge >= 0.3 is 0 Å². The van der Waals surface area contributed by atoms with E-state index < -0.39 is 0 Å². The van der Waals surface area contributed by atoms with Crippen molar-refractivity contribution in [2.24, 2.45) is 11.7 Å². The first-order valence-electron chi connectivity index (χ1n) is 5.74. The molecule has 0 bridgehead atoms. The summed E-state index contributed by atoms with van der Waals surface area (Å²) in [6, 6.07) is 0.177. The maximum absolute atomic E-state index is 11.9. The minimum Gasteiger partial charge on any atom is -0.339 e. The molecule has 1 aliphatic heterocycles. The van der Waals surface area contributed by atoms with Crippen LogP contribution in [0.25, 0.3) is 0 Å². The summed E-state index contributed by atoms with van der Waals surface area (Å²) in [7, 11) is 0. The van der Waals surface area contributed by atoms with Gasteiger partial charge in [0.15, 0.2) is 0 Å². The minimum atomic E-state index is -0.233. The lowest BCUT2D eigenvalue weighted by Crippen LogP contribution is -2.45. The molecule has 2 rings (SSSR count). The number of hydrogen-bond acceptors (Lipinski definition) is 2. The molecule has 0 aromatic carbocycles. The van der Waals surface area contributed by atoms with Gasteiger partial charge in [0.05, 0.1) is 6.04 Å². The molecule has 3 nitrogen and oxygen atoms in total. The van der Waals surface area contributed by atoms with E-state index >= 15 is 0 Å². The number of amides is 1. The van der Waals surface area contributed by atoms with Gasteiger partial charge in [0, 0.05) is 12.6 Å². The molecule has 14 heavy (non-hydrogen) atoms. The van der Waals surface area contributed by atoms with Crippen molar-refractivity contribution in [3.63, 3.8) is 0 Å². The highest BCUT2D eigenvalue weighted by Crippen LogP contribution is 2.33. The molecule has 80 valence electrons. The minimum absolute atomic E-state index is 0.182. The van der Waals surface area contributed by atoms with E-state index in [1.807, 2.05) is 4.90 Å². The molecule has 1 saturated heterocycles. The summed E-state index contributed by atoms with van der Waals surface area (Å²) in [5, 5.41) is 0. The van der Waals surface area contributed by atoms with E-state index in [1.165, 1.54) is 12.8 Å². The van der Waals surface area contributed by atoms with Gasteiger partial charge in [-0.05, 0) is 32.1 Å². The van der Waals surface area contributed by atoms with Crippen molar-refractivity contribution in [3.8, 4) is 0 Å². The molecule has 2 atom stereocenters. The zero-order valence-corrected chi connectivity index (χ0v) is 8.91. The normalized spacial score (nSPS) is 29.3. The topological polar surface area (TPSA) is 46.3 Å². The van der Waals surface area contributed by atoms with Gasteiger partial charge < -0.3 is 10.6 Å². The molecular weight excluding hydrogens is 176 g/mol. The van der Waals surface area contributed by atoms with E-state index in [1.54, 1.807) is 0 Å². The summed E-state index contributed by atoms with van der Waals surface area (Å²) in [6.07, 6.45) is 5.74. The van der Waals surface area contributed by atoms with Crippen LogP contribution in [0.4, 0.5) is 0 Å². The summed E-state index contributed by atoms with van der Waals surface area (Å²) in [6.45, 7) is 3.03. The highest BCUT2D eigenvalue weighted by atomic mass is 16.2. The Kier molecular flexibility index (Phi) is 2.77. The Bertz CT molecular complexity index is 225. The van der Waals surface area contributed by atoms with E-state index in [-0.39, 0.29) is 11.9 Å². The lowest BCUT2D eigenvalue weighted by Gasteiger charge is -2.24. The van der Waals surface area contributed by atoms with Crippen LogP contribution in [0.2, 0.25) is 0 Å². The smallest absolute Gasteiger partial charge is 0.239 e. The van der Waals surface area contributed by atoms with Crippen molar-refractivity contribution < 1.29 is 4.79 Å². The highest BCUT2D eigenvalue weighted by Gasteiger charge is 2.32. The maximum atomic E-state index is 11.9. The Hall–Kier alpha value is -0.570. The fraction of sp³-hybridized carbons (Fsp3) is 0.909. The molecule has 2 aliphatic rings. The number of carbonyl (C=O) groups excluding carboxylic acids is 1.